The quantitative estimate of drug-likeness (QED) is 0.815. The average molecular weight is 227 g/mol. The van der Waals surface area contributed by atoms with E-state index in [4.69, 9.17) is 10.5 Å². The van der Waals surface area contributed by atoms with E-state index < -0.39 is 0 Å². The summed E-state index contributed by atoms with van der Waals surface area (Å²) in [5.74, 6) is 0.933. The van der Waals surface area contributed by atoms with Gasteiger partial charge < -0.3 is 10.5 Å². The highest BCUT2D eigenvalue weighted by Crippen LogP contribution is 2.26. The first-order valence-corrected chi connectivity index (χ1v) is 5.70. The lowest BCUT2D eigenvalue weighted by Gasteiger charge is -2.13. The smallest absolute Gasteiger partial charge is 0.125 e. The normalized spacial score (nSPS) is 10.2. The molecule has 0 saturated carbocycles. The topological polar surface area (TPSA) is 35.2 Å². The molecule has 17 heavy (non-hydrogen) atoms. The Balaban J connectivity index is 2.15. The van der Waals surface area contributed by atoms with Crippen LogP contribution in [0.15, 0.2) is 42.5 Å². The van der Waals surface area contributed by atoms with Crippen molar-refractivity contribution >= 4 is 5.69 Å². The molecule has 0 fully saturated rings. The van der Waals surface area contributed by atoms with Crippen molar-refractivity contribution in [1.29, 1.82) is 0 Å². The van der Waals surface area contributed by atoms with Gasteiger partial charge in [-0.2, -0.15) is 0 Å². The Bertz CT molecular complexity index is 483. The summed E-state index contributed by atoms with van der Waals surface area (Å²) in [5, 5.41) is 0. The van der Waals surface area contributed by atoms with Crippen LogP contribution in [0, 0.1) is 13.8 Å². The van der Waals surface area contributed by atoms with E-state index >= 15 is 0 Å². The largest absolute Gasteiger partial charge is 0.488 e. The molecule has 0 aliphatic carbocycles. The number of benzene rings is 2. The molecule has 0 unspecified atom stereocenters. The Labute approximate surface area is 102 Å². The van der Waals surface area contributed by atoms with Crippen LogP contribution in [-0.2, 0) is 6.61 Å². The van der Waals surface area contributed by atoms with Crippen LogP contribution in [0.4, 0.5) is 5.69 Å². The molecule has 0 aromatic heterocycles. The first-order valence-electron chi connectivity index (χ1n) is 5.70. The first kappa shape index (κ1) is 11.5. The maximum Gasteiger partial charge on any atom is 0.125 e. The van der Waals surface area contributed by atoms with E-state index in [-0.39, 0.29) is 0 Å². The van der Waals surface area contributed by atoms with Gasteiger partial charge in [0.1, 0.15) is 12.4 Å². The molecule has 0 spiro atoms. The fraction of sp³-hybridized carbons (Fsp3) is 0.200. The molecule has 2 aromatic rings. The van der Waals surface area contributed by atoms with Crippen LogP contribution in [0.1, 0.15) is 16.7 Å². The van der Waals surface area contributed by atoms with E-state index in [0.717, 1.165) is 22.6 Å². The third kappa shape index (κ3) is 2.78. The minimum atomic E-state index is 0.590. The van der Waals surface area contributed by atoms with Crippen LogP contribution in [0.5, 0.6) is 5.75 Å². The van der Waals surface area contributed by atoms with Gasteiger partial charge in [-0.1, -0.05) is 30.3 Å². The number of aryl methyl sites for hydroxylation is 2. The van der Waals surface area contributed by atoms with Crippen molar-refractivity contribution in [3.05, 3.63) is 59.2 Å². The van der Waals surface area contributed by atoms with Crippen LogP contribution >= 0.6 is 0 Å². The van der Waals surface area contributed by atoms with Crippen LogP contribution < -0.4 is 10.5 Å². The Kier molecular flexibility index (Phi) is 3.33. The zero-order valence-electron chi connectivity index (χ0n) is 10.2. The van der Waals surface area contributed by atoms with Crippen molar-refractivity contribution in [1.82, 2.24) is 0 Å². The number of nitrogens with two attached hydrogens (primary N) is 1. The van der Waals surface area contributed by atoms with Crippen LogP contribution in [0.3, 0.4) is 0 Å². The summed E-state index contributed by atoms with van der Waals surface area (Å²) in [6.45, 7) is 4.62. The van der Waals surface area contributed by atoms with Gasteiger partial charge in [-0.05, 0) is 42.7 Å². The van der Waals surface area contributed by atoms with Gasteiger partial charge in [-0.25, -0.2) is 0 Å². The first-order chi connectivity index (χ1) is 8.16. The fourth-order valence-corrected chi connectivity index (χ4v) is 1.94. The average Bonchev–Trinajstić information content (AvgIpc) is 2.29. The van der Waals surface area contributed by atoms with E-state index in [1.54, 1.807) is 0 Å². The maximum absolute atomic E-state index is 5.85. The monoisotopic (exact) mass is 227 g/mol. The highest BCUT2D eigenvalue weighted by atomic mass is 16.5. The molecule has 0 bridgehead atoms. The summed E-state index contributed by atoms with van der Waals surface area (Å²) in [6.07, 6.45) is 0. The number of rotatable bonds is 3. The van der Waals surface area contributed by atoms with Crippen molar-refractivity contribution in [2.45, 2.75) is 20.5 Å². The summed E-state index contributed by atoms with van der Waals surface area (Å²) in [4.78, 5) is 0. The molecule has 2 heteroatoms. The highest BCUT2D eigenvalue weighted by molar-refractivity contribution is 5.52. The zero-order chi connectivity index (χ0) is 12.3. The van der Waals surface area contributed by atoms with Crippen LogP contribution in [0.25, 0.3) is 0 Å². The Hall–Kier alpha value is -1.96. The van der Waals surface area contributed by atoms with Crippen molar-refractivity contribution in [3.8, 4) is 5.75 Å². The number of nitrogen functional groups attached to an aromatic ring is 1. The number of hydrogen-bond donors (Lipinski definition) is 1. The van der Waals surface area contributed by atoms with E-state index in [1.165, 1.54) is 5.56 Å². The van der Waals surface area contributed by atoms with Gasteiger partial charge in [0, 0.05) is 5.69 Å². The maximum atomic E-state index is 5.85. The summed E-state index contributed by atoms with van der Waals surface area (Å²) in [7, 11) is 0. The Morgan fingerprint density at radius 1 is 1.00 bits per heavy atom. The molecular weight excluding hydrogens is 210 g/mol. The second-order valence-electron chi connectivity index (χ2n) is 4.26. The molecule has 2 nitrogen and oxygen atoms in total. The highest BCUT2D eigenvalue weighted by Gasteiger charge is 2.05. The molecule has 0 aliphatic heterocycles. The van der Waals surface area contributed by atoms with Gasteiger partial charge in [0.2, 0.25) is 0 Å². The minimum Gasteiger partial charge on any atom is -0.488 e. The lowest BCUT2D eigenvalue weighted by molar-refractivity contribution is 0.302. The lowest BCUT2D eigenvalue weighted by atomic mass is 10.1. The van der Waals surface area contributed by atoms with Crippen LogP contribution in [0.2, 0.25) is 0 Å². The molecule has 0 heterocycles. The molecule has 0 radical (unpaired) electrons. The molecule has 2 aromatic carbocycles. The van der Waals surface area contributed by atoms with E-state index in [2.05, 4.69) is 12.1 Å². The summed E-state index contributed by atoms with van der Waals surface area (Å²) in [5.41, 5.74) is 9.90. The molecule has 2 rings (SSSR count). The molecular formula is C15H17NO. The molecule has 0 amide bonds. The number of ether oxygens (including phenoxy) is 1. The number of hydrogen-bond acceptors (Lipinski definition) is 2. The minimum absolute atomic E-state index is 0.590. The van der Waals surface area contributed by atoms with E-state index in [1.807, 2.05) is 44.2 Å². The van der Waals surface area contributed by atoms with Crippen molar-refractivity contribution in [2.24, 2.45) is 0 Å². The van der Waals surface area contributed by atoms with E-state index in [0.29, 0.717) is 6.61 Å². The lowest BCUT2D eigenvalue weighted by Crippen LogP contribution is -2.00. The third-order valence-electron chi connectivity index (χ3n) is 2.71. The van der Waals surface area contributed by atoms with Gasteiger partial charge in [0.15, 0.2) is 0 Å². The molecule has 88 valence electrons. The predicted molar refractivity (Wildman–Crippen MR) is 71.1 cm³/mol. The van der Waals surface area contributed by atoms with Crippen molar-refractivity contribution in [2.75, 3.05) is 5.73 Å². The zero-order valence-corrected chi connectivity index (χ0v) is 10.2. The van der Waals surface area contributed by atoms with Crippen LogP contribution in [-0.4, -0.2) is 0 Å². The third-order valence-corrected chi connectivity index (χ3v) is 2.71. The second kappa shape index (κ2) is 4.91. The van der Waals surface area contributed by atoms with Crippen molar-refractivity contribution in [3.63, 3.8) is 0 Å². The Morgan fingerprint density at radius 2 is 1.59 bits per heavy atom. The van der Waals surface area contributed by atoms with Gasteiger partial charge >= 0.3 is 0 Å². The molecule has 2 N–H and O–H groups in total. The van der Waals surface area contributed by atoms with E-state index in [9.17, 15) is 0 Å². The van der Waals surface area contributed by atoms with Crippen molar-refractivity contribution < 1.29 is 4.74 Å². The summed E-state index contributed by atoms with van der Waals surface area (Å²) >= 11 is 0. The predicted octanol–water partition coefficient (Wildman–Crippen LogP) is 3.46. The van der Waals surface area contributed by atoms with Gasteiger partial charge in [0.25, 0.3) is 0 Å². The summed E-state index contributed by atoms with van der Waals surface area (Å²) in [6, 6.07) is 14.0. The van der Waals surface area contributed by atoms with Gasteiger partial charge in [0.05, 0.1) is 0 Å². The molecule has 0 atom stereocenters. The van der Waals surface area contributed by atoms with Gasteiger partial charge in [-0.3, -0.25) is 0 Å². The second-order valence-corrected chi connectivity index (χ2v) is 4.26. The molecule has 0 saturated heterocycles. The standard InChI is InChI=1S/C15H17NO/c1-11-8-14(16)9-12(2)15(11)17-10-13-6-4-3-5-7-13/h3-9H,10,16H2,1-2H3. The summed E-state index contributed by atoms with van der Waals surface area (Å²) < 4.78 is 5.85. The Morgan fingerprint density at radius 3 is 2.18 bits per heavy atom. The SMILES string of the molecule is Cc1cc(N)cc(C)c1OCc1ccccc1. The van der Waals surface area contributed by atoms with Gasteiger partial charge in [-0.15, -0.1) is 0 Å². The molecule has 0 aliphatic rings. The number of anilines is 1. The fourth-order valence-electron chi connectivity index (χ4n) is 1.94.